The van der Waals surface area contributed by atoms with Gasteiger partial charge in [0.2, 0.25) is 5.95 Å². The molecule has 11 heteroatoms. The topological polar surface area (TPSA) is 85.9 Å². The second kappa shape index (κ2) is 11.3. The molecule has 0 bridgehead atoms. The Balaban J connectivity index is 1.27. The number of benzene rings is 1. The van der Waals surface area contributed by atoms with Crippen LogP contribution in [0, 0.1) is 0 Å². The lowest BCUT2D eigenvalue weighted by Gasteiger charge is -2.34. The van der Waals surface area contributed by atoms with Gasteiger partial charge in [0.05, 0.1) is 11.8 Å². The van der Waals surface area contributed by atoms with Crippen LogP contribution in [0.1, 0.15) is 42.7 Å². The number of anilines is 4. The van der Waals surface area contributed by atoms with Crippen LogP contribution in [0.15, 0.2) is 36.7 Å². The molecule has 0 unspecified atom stereocenters. The van der Waals surface area contributed by atoms with Crippen LogP contribution in [0.25, 0.3) is 0 Å². The molecule has 1 amide bonds. The number of hydrogen-bond acceptors (Lipinski definition) is 8. The van der Waals surface area contributed by atoms with E-state index in [9.17, 15) is 13.6 Å². The fraction of sp³-hybridized carbons (Fsp3) is 0.500. The highest BCUT2D eigenvalue weighted by atomic mass is 19.3. The zero-order valence-corrected chi connectivity index (χ0v) is 21.0. The third-order valence-electron chi connectivity index (χ3n) is 6.97. The Morgan fingerprint density at radius 2 is 2.00 bits per heavy atom. The SMILES string of the molecule is CN1CCN(c2ccc(Nc3ncc(C(F)F)c(NCCCN4CC=COC4=O)n3)c(C3CC3)c2)CC1. The van der Waals surface area contributed by atoms with Crippen molar-refractivity contribution in [2.24, 2.45) is 0 Å². The zero-order chi connectivity index (χ0) is 25.8. The van der Waals surface area contributed by atoms with Crippen molar-refractivity contribution in [3.05, 3.63) is 47.9 Å². The van der Waals surface area contributed by atoms with Crippen LogP contribution in [-0.2, 0) is 4.74 Å². The van der Waals surface area contributed by atoms with Gasteiger partial charge in [-0.25, -0.2) is 18.6 Å². The Labute approximate surface area is 215 Å². The molecule has 2 aliphatic heterocycles. The lowest BCUT2D eigenvalue weighted by molar-refractivity contribution is 0.133. The molecule has 0 atom stereocenters. The molecule has 0 spiro atoms. The van der Waals surface area contributed by atoms with Gasteiger partial charge in [0, 0.05) is 63.4 Å². The first-order chi connectivity index (χ1) is 18.0. The van der Waals surface area contributed by atoms with Gasteiger partial charge in [0.25, 0.3) is 6.43 Å². The van der Waals surface area contributed by atoms with Gasteiger partial charge in [-0.3, -0.25) is 0 Å². The molecule has 1 saturated heterocycles. The molecule has 1 saturated carbocycles. The van der Waals surface area contributed by atoms with Crippen molar-refractivity contribution in [2.75, 3.05) is 68.4 Å². The van der Waals surface area contributed by atoms with Crippen molar-refractivity contribution in [3.8, 4) is 0 Å². The van der Waals surface area contributed by atoms with Gasteiger partial charge in [-0.2, -0.15) is 4.98 Å². The first kappa shape index (κ1) is 25.2. The molecule has 37 heavy (non-hydrogen) atoms. The van der Waals surface area contributed by atoms with Crippen molar-refractivity contribution < 1.29 is 18.3 Å². The number of cyclic esters (lactones) is 1. The van der Waals surface area contributed by atoms with Crippen LogP contribution < -0.4 is 15.5 Å². The van der Waals surface area contributed by atoms with Crippen molar-refractivity contribution >= 4 is 29.2 Å². The molecule has 3 heterocycles. The summed E-state index contributed by atoms with van der Waals surface area (Å²) in [6.45, 7) is 5.36. The van der Waals surface area contributed by atoms with E-state index >= 15 is 0 Å². The average Bonchev–Trinajstić information content (AvgIpc) is 3.74. The van der Waals surface area contributed by atoms with E-state index in [0.717, 1.165) is 44.7 Å². The summed E-state index contributed by atoms with van der Waals surface area (Å²) in [7, 11) is 2.14. The molecule has 198 valence electrons. The normalized spacial score (nSPS) is 18.3. The van der Waals surface area contributed by atoms with E-state index in [2.05, 4.69) is 49.6 Å². The second-order valence-electron chi connectivity index (χ2n) is 9.74. The van der Waals surface area contributed by atoms with Gasteiger partial charge in [0.15, 0.2) is 0 Å². The number of rotatable bonds is 10. The number of hydrogen-bond donors (Lipinski definition) is 2. The Kier molecular flexibility index (Phi) is 7.68. The maximum atomic E-state index is 13.6. The monoisotopic (exact) mass is 513 g/mol. The first-order valence-electron chi connectivity index (χ1n) is 12.8. The number of aromatic nitrogens is 2. The second-order valence-corrected chi connectivity index (χ2v) is 9.74. The average molecular weight is 514 g/mol. The molecule has 1 aromatic heterocycles. The summed E-state index contributed by atoms with van der Waals surface area (Å²) in [5.41, 5.74) is 3.09. The molecule has 9 nitrogen and oxygen atoms in total. The fourth-order valence-electron chi connectivity index (χ4n) is 4.62. The molecule has 1 aromatic carbocycles. The van der Waals surface area contributed by atoms with Crippen LogP contribution in [-0.4, -0.2) is 78.7 Å². The number of nitrogens with zero attached hydrogens (tertiary/aromatic N) is 5. The van der Waals surface area contributed by atoms with Gasteiger partial charge in [-0.15, -0.1) is 0 Å². The standard InChI is InChI=1S/C26H33F2N7O2/c1-33-11-13-34(14-12-33)19-6-7-22(20(16-19)18-4-5-18)31-25-30-17-21(23(27)28)24(32-25)29-8-2-9-35-10-3-15-37-26(35)36/h3,6-7,15-18,23H,2,4-5,8-14H2,1H3,(H2,29,30,31,32). The van der Waals surface area contributed by atoms with E-state index in [0.29, 0.717) is 32.0 Å². The summed E-state index contributed by atoms with van der Waals surface area (Å²) in [6.07, 6.45) is 4.01. The number of ether oxygens (including phenoxy) is 1. The molecule has 5 rings (SSSR count). The van der Waals surface area contributed by atoms with Crippen LogP contribution in [0.3, 0.4) is 0 Å². The predicted molar refractivity (Wildman–Crippen MR) is 139 cm³/mol. The lowest BCUT2D eigenvalue weighted by Crippen LogP contribution is -2.44. The molecule has 2 fully saturated rings. The number of carbonyl (C=O) groups excluding carboxylic acids is 1. The maximum absolute atomic E-state index is 13.6. The number of nitrogens with one attached hydrogen (secondary N) is 2. The highest BCUT2D eigenvalue weighted by Crippen LogP contribution is 2.45. The third kappa shape index (κ3) is 6.27. The largest absolute Gasteiger partial charge is 0.418 e. The predicted octanol–water partition coefficient (Wildman–Crippen LogP) is 4.55. The zero-order valence-electron chi connectivity index (χ0n) is 21.0. The number of amides is 1. The number of alkyl halides is 2. The molecular formula is C26H33F2N7O2. The minimum atomic E-state index is -2.70. The summed E-state index contributed by atoms with van der Waals surface area (Å²) in [5, 5.41) is 6.28. The Morgan fingerprint density at radius 3 is 2.73 bits per heavy atom. The van der Waals surface area contributed by atoms with E-state index in [1.807, 2.05) is 6.07 Å². The van der Waals surface area contributed by atoms with Crippen molar-refractivity contribution in [1.82, 2.24) is 19.8 Å². The number of carbonyl (C=O) groups is 1. The highest BCUT2D eigenvalue weighted by molar-refractivity contribution is 5.69. The van der Waals surface area contributed by atoms with E-state index < -0.39 is 12.5 Å². The molecule has 1 aliphatic carbocycles. The lowest BCUT2D eigenvalue weighted by atomic mass is 10.1. The summed E-state index contributed by atoms with van der Waals surface area (Å²) in [5.74, 6) is 0.853. The van der Waals surface area contributed by atoms with Crippen molar-refractivity contribution in [2.45, 2.75) is 31.6 Å². The first-order valence-corrected chi connectivity index (χ1v) is 12.8. The van der Waals surface area contributed by atoms with Crippen molar-refractivity contribution in [3.63, 3.8) is 0 Å². The van der Waals surface area contributed by atoms with Gasteiger partial charge in [-0.05, 0) is 62.1 Å². The quantitative estimate of drug-likeness (QED) is 0.448. The number of halogens is 2. The minimum absolute atomic E-state index is 0.0932. The van der Waals surface area contributed by atoms with Gasteiger partial charge in [0.1, 0.15) is 5.82 Å². The fourth-order valence-corrected chi connectivity index (χ4v) is 4.62. The molecule has 0 radical (unpaired) electrons. The number of piperazine rings is 1. The highest BCUT2D eigenvalue weighted by Gasteiger charge is 2.28. The summed E-state index contributed by atoms with van der Waals surface area (Å²) >= 11 is 0. The molecule has 3 aliphatic rings. The molecular weight excluding hydrogens is 480 g/mol. The van der Waals surface area contributed by atoms with Crippen LogP contribution in [0.5, 0.6) is 0 Å². The van der Waals surface area contributed by atoms with E-state index in [1.54, 1.807) is 11.0 Å². The molecule has 2 N–H and O–H groups in total. The van der Waals surface area contributed by atoms with E-state index in [4.69, 9.17) is 4.74 Å². The summed E-state index contributed by atoms with van der Waals surface area (Å²) < 4.78 is 32.1. The van der Waals surface area contributed by atoms with Crippen LogP contribution >= 0.6 is 0 Å². The maximum Gasteiger partial charge on any atom is 0.414 e. The van der Waals surface area contributed by atoms with Crippen LogP contribution in [0.2, 0.25) is 0 Å². The molecule has 2 aromatic rings. The van der Waals surface area contributed by atoms with Gasteiger partial charge < -0.3 is 30.1 Å². The third-order valence-corrected chi connectivity index (χ3v) is 6.97. The van der Waals surface area contributed by atoms with Gasteiger partial charge >= 0.3 is 6.09 Å². The van der Waals surface area contributed by atoms with Crippen molar-refractivity contribution in [1.29, 1.82) is 0 Å². The smallest absolute Gasteiger partial charge is 0.414 e. The summed E-state index contributed by atoms with van der Waals surface area (Å²) in [4.78, 5) is 26.6. The number of likely N-dealkylation sites (N-methyl/N-ethyl adjacent to an activating group) is 1. The van der Waals surface area contributed by atoms with E-state index in [-0.39, 0.29) is 17.3 Å². The van der Waals surface area contributed by atoms with Crippen LogP contribution in [0.4, 0.5) is 36.7 Å². The Hall–Kier alpha value is -3.47. The van der Waals surface area contributed by atoms with E-state index in [1.165, 1.54) is 23.7 Å². The van der Waals surface area contributed by atoms with Gasteiger partial charge in [-0.1, -0.05) is 0 Å². The minimum Gasteiger partial charge on any atom is -0.418 e. The Morgan fingerprint density at radius 1 is 1.19 bits per heavy atom. The Bertz CT molecular complexity index is 1130. The summed E-state index contributed by atoms with van der Waals surface area (Å²) in [6, 6.07) is 6.40.